The number of nitrogens with zero attached hydrogens (tertiary/aromatic N) is 1. The van der Waals surface area contributed by atoms with Gasteiger partial charge in [0.05, 0.1) is 7.11 Å². The van der Waals surface area contributed by atoms with Gasteiger partial charge < -0.3 is 14.2 Å². The molecule has 0 bridgehead atoms. The quantitative estimate of drug-likeness (QED) is 0.338. The van der Waals surface area contributed by atoms with Gasteiger partial charge in [0.25, 0.3) is 0 Å². The highest BCUT2D eigenvalue weighted by molar-refractivity contribution is 9.10. The molecule has 0 fully saturated rings. The Balaban J connectivity index is 1.54. The fourth-order valence-corrected chi connectivity index (χ4v) is 3.57. The molecule has 0 unspecified atom stereocenters. The summed E-state index contributed by atoms with van der Waals surface area (Å²) in [7, 11) is 1.58. The van der Waals surface area contributed by atoms with E-state index in [1.165, 1.54) is 5.56 Å². The van der Waals surface area contributed by atoms with Crippen LogP contribution in [0.1, 0.15) is 22.3 Å². The average molecular weight is 478 g/mol. The normalized spacial score (nSPS) is 14.4. The molecule has 1 aliphatic heterocycles. The average Bonchev–Trinajstić information content (AvgIpc) is 3.13. The van der Waals surface area contributed by atoms with Crippen molar-refractivity contribution in [1.29, 1.82) is 0 Å². The summed E-state index contributed by atoms with van der Waals surface area (Å²) in [5.74, 6) is 0.986. The van der Waals surface area contributed by atoms with Crippen LogP contribution < -0.4 is 9.47 Å². The maximum absolute atomic E-state index is 12.3. The number of aliphatic imine (C=N–C) groups is 1. The highest BCUT2D eigenvalue weighted by Crippen LogP contribution is 2.30. The van der Waals surface area contributed by atoms with Gasteiger partial charge in [0, 0.05) is 10.0 Å². The van der Waals surface area contributed by atoms with Crippen molar-refractivity contribution < 1.29 is 19.0 Å². The number of hydrogen-bond donors (Lipinski definition) is 0. The van der Waals surface area contributed by atoms with E-state index in [1.807, 2.05) is 61.5 Å². The molecule has 5 nitrogen and oxygen atoms in total. The van der Waals surface area contributed by atoms with E-state index < -0.39 is 5.97 Å². The zero-order valence-corrected chi connectivity index (χ0v) is 18.7. The smallest absolute Gasteiger partial charge is 0.363 e. The summed E-state index contributed by atoms with van der Waals surface area (Å²) in [6, 6.07) is 21.1. The zero-order chi connectivity index (χ0) is 21.8. The molecule has 0 aromatic heterocycles. The standard InChI is InChI=1S/C25H20BrNO4/c1-16-5-3-6-18(11-16)15-30-22-10-9-17(13-23(22)29-2)12-21-25(28)31-24(27-21)19-7-4-8-20(26)14-19/h3-14H,15H2,1-2H3. The summed E-state index contributed by atoms with van der Waals surface area (Å²) < 4.78 is 17.6. The second-order valence-corrected chi connectivity index (χ2v) is 7.95. The first kappa shape index (κ1) is 20.9. The Hall–Kier alpha value is -3.38. The molecular formula is C25H20BrNO4. The van der Waals surface area contributed by atoms with Crippen LogP contribution in [0.3, 0.4) is 0 Å². The largest absolute Gasteiger partial charge is 0.493 e. The molecule has 0 saturated heterocycles. The zero-order valence-electron chi connectivity index (χ0n) is 17.1. The first-order valence-electron chi connectivity index (χ1n) is 9.67. The van der Waals surface area contributed by atoms with E-state index in [2.05, 4.69) is 27.0 Å². The molecule has 0 N–H and O–H groups in total. The van der Waals surface area contributed by atoms with E-state index >= 15 is 0 Å². The van der Waals surface area contributed by atoms with Crippen molar-refractivity contribution in [2.45, 2.75) is 13.5 Å². The van der Waals surface area contributed by atoms with E-state index in [9.17, 15) is 4.79 Å². The van der Waals surface area contributed by atoms with Gasteiger partial charge in [-0.25, -0.2) is 9.79 Å². The number of methoxy groups -OCH3 is 1. The Kier molecular flexibility index (Phi) is 6.18. The predicted molar refractivity (Wildman–Crippen MR) is 123 cm³/mol. The summed E-state index contributed by atoms with van der Waals surface area (Å²) in [5.41, 5.74) is 3.97. The molecule has 3 aromatic carbocycles. The molecule has 1 aliphatic rings. The lowest BCUT2D eigenvalue weighted by Crippen LogP contribution is -2.05. The summed E-state index contributed by atoms with van der Waals surface area (Å²) >= 11 is 3.41. The minimum absolute atomic E-state index is 0.227. The number of hydrogen-bond acceptors (Lipinski definition) is 5. The Bertz CT molecular complexity index is 1200. The van der Waals surface area contributed by atoms with Crippen molar-refractivity contribution in [3.8, 4) is 11.5 Å². The molecule has 0 amide bonds. The van der Waals surface area contributed by atoms with Gasteiger partial charge in [0.2, 0.25) is 5.90 Å². The Morgan fingerprint density at radius 3 is 2.65 bits per heavy atom. The minimum Gasteiger partial charge on any atom is -0.493 e. The van der Waals surface area contributed by atoms with Crippen LogP contribution in [0.4, 0.5) is 0 Å². The molecule has 31 heavy (non-hydrogen) atoms. The van der Waals surface area contributed by atoms with Crippen molar-refractivity contribution >= 4 is 33.9 Å². The molecule has 4 rings (SSSR count). The lowest BCUT2D eigenvalue weighted by atomic mass is 10.1. The highest BCUT2D eigenvalue weighted by atomic mass is 79.9. The fraction of sp³-hybridized carbons (Fsp3) is 0.120. The second kappa shape index (κ2) is 9.18. The monoisotopic (exact) mass is 477 g/mol. The van der Waals surface area contributed by atoms with Crippen LogP contribution in [0.2, 0.25) is 0 Å². The number of carbonyl (C=O) groups is 1. The summed E-state index contributed by atoms with van der Waals surface area (Å²) in [6.45, 7) is 2.48. The van der Waals surface area contributed by atoms with Crippen molar-refractivity contribution in [3.63, 3.8) is 0 Å². The van der Waals surface area contributed by atoms with Crippen molar-refractivity contribution in [2.24, 2.45) is 4.99 Å². The maximum atomic E-state index is 12.3. The first-order chi connectivity index (χ1) is 15.0. The number of rotatable bonds is 6. The van der Waals surface area contributed by atoms with Crippen LogP contribution in [0, 0.1) is 6.92 Å². The van der Waals surface area contributed by atoms with Gasteiger partial charge in [-0.05, 0) is 54.5 Å². The van der Waals surface area contributed by atoms with Gasteiger partial charge in [0.15, 0.2) is 17.2 Å². The van der Waals surface area contributed by atoms with E-state index in [0.717, 1.165) is 21.2 Å². The van der Waals surface area contributed by atoms with Gasteiger partial charge in [-0.3, -0.25) is 0 Å². The van der Waals surface area contributed by atoms with Crippen molar-refractivity contribution in [3.05, 3.63) is 99.2 Å². The van der Waals surface area contributed by atoms with Crippen LogP contribution in [-0.4, -0.2) is 19.0 Å². The van der Waals surface area contributed by atoms with Gasteiger partial charge in [-0.2, -0.15) is 0 Å². The van der Waals surface area contributed by atoms with Crippen LogP contribution in [0.5, 0.6) is 11.5 Å². The van der Waals surface area contributed by atoms with Crippen molar-refractivity contribution in [2.75, 3.05) is 7.11 Å². The fourth-order valence-electron chi connectivity index (χ4n) is 3.17. The molecular weight excluding hydrogens is 458 g/mol. The number of esters is 1. The van der Waals surface area contributed by atoms with Crippen LogP contribution in [0.25, 0.3) is 6.08 Å². The van der Waals surface area contributed by atoms with E-state index in [0.29, 0.717) is 18.1 Å². The predicted octanol–water partition coefficient (Wildman–Crippen LogP) is 5.69. The molecule has 3 aromatic rings. The lowest BCUT2D eigenvalue weighted by Gasteiger charge is -2.12. The molecule has 1 heterocycles. The van der Waals surface area contributed by atoms with E-state index in [-0.39, 0.29) is 11.6 Å². The molecule has 6 heteroatoms. The highest BCUT2D eigenvalue weighted by Gasteiger charge is 2.24. The molecule has 0 spiro atoms. The maximum Gasteiger partial charge on any atom is 0.363 e. The molecule has 0 saturated carbocycles. The van der Waals surface area contributed by atoms with Gasteiger partial charge >= 0.3 is 5.97 Å². The summed E-state index contributed by atoms with van der Waals surface area (Å²) in [4.78, 5) is 16.6. The van der Waals surface area contributed by atoms with Crippen LogP contribution in [0.15, 0.2) is 81.9 Å². The minimum atomic E-state index is -0.492. The van der Waals surface area contributed by atoms with E-state index in [1.54, 1.807) is 19.3 Å². The van der Waals surface area contributed by atoms with Gasteiger partial charge in [-0.15, -0.1) is 0 Å². The van der Waals surface area contributed by atoms with Gasteiger partial charge in [0.1, 0.15) is 6.61 Å². The molecule has 156 valence electrons. The lowest BCUT2D eigenvalue weighted by molar-refractivity contribution is -0.129. The number of aryl methyl sites for hydroxylation is 1. The van der Waals surface area contributed by atoms with Crippen molar-refractivity contribution in [1.82, 2.24) is 0 Å². The third-order valence-corrected chi connectivity index (χ3v) is 5.15. The SMILES string of the molecule is COc1cc(C=C2N=C(c3cccc(Br)c3)OC2=O)ccc1OCc1cccc(C)c1. The first-order valence-corrected chi connectivity index (χ1v) is 10.5. The number of cyclic esters (lactones) is 1. The number of halogens is 1. The second-order valence-electron chi connectivity index (χ2n) is 7.03. The Morgan fingerprint density at radius 1 is 1.03 bits per heavy atom. The molecule has 0 radical (unpaired) electrons. The molecule has 0 atom stereocenters. The van der Waals surface area contributed by atoms with Crippen LogP contribution >= 0.6 is 15.9 Å². The number of ether oxygens (including phenoxy) is 3. The number of benzene rings is 3. The van der Waals surface area contributed by atoms with Gasteiger partial charge in [-0.1, -0.05) is 57.9 Å². The molecule has 0 aliphatic carbocycles. The third kappa shape index (κ3) is 5.03. The third-order valence-electron chi connectivity index (χ3n) is 4.66. The summed E-state index contributed by atoms with van der Waals surface area (Å²) in [6.07, 6.45) is 1.67. The topological polar surface area (TPSA) is 57.1 Å². The summed E-state index contributed by atoms with van der Waals surface area (Å²) in [5, 5.41) is 0. The number of carbonyl (C=O) groups excluding carboxylic acids is 1. The van der Waals surface area contributed by atoms with E-state index in [4.69, 9.17) is 14.2 Å². The Morgan fingerprint density at radius 2 is 1.87 bits per heavy atom. The Labute approximate surface area is 189 Å². The van der Waals surface area contributed by atoms with Crippen LogP contribution in [-0.2, 0) is 16.1 Å².